The van der Waals surface area contributed by atoms with Gasteiger partial charge in [-0.25, -0.2) is 0 Å². The van der Waals surface area contributed by atoms with Gasteiger partial charge in [0.1, 0.15) is 0 Å². The van der Waals surface area contributed by atoms with Crippen LogP contribution in [-0.4, -0.2) is 48.9 Å². The molecule has 0 aromatic heterocycles. The van der Waals surface area contributed by atoms with Gasteiger partial charge in [0.25, 0.3) is 17.7 Å². The fourth-order valence-corrected chi connectivity index (χ4v) is 2.62. The van der Waals surface area contributed by atoms with Gasteiger partial charge in [-0.15, -0.1) is 0 Å². The lowest BCUT2D eigenvalue weighted by molar-refractivity contribution is 0.0693. The minimum Gasteiger partial charge on any atom is -0.376 e. The lowest BCUT2D eigenvalue weighted by atomic mass is 10.1. The molecule has 1 aromatic carbocycles. The minimum absolute atomic E-state index is 0.0673. The summed E-state index contributed by atoms with van der Waals surface area (Å²) in [6.45, 7) is 1.20. The largest absolute Gasteiger partial charge is 0.376 e. The Labute approximate surface area is 122 Å². The third-order valence-electron chi connectivity index (χ3n) is 3.87. The number of imide groups is 1. The van der Waals surface area contributed by atoms with E-state index in [4.69, 9.17) is 4.74 Å². The zero-order valence-corrected chi connectivity index (χ0v) is 11.7. The van der Waals surface area contributed by atoms with Gasteiger partial charge < -0.3 is 10.1 Å². The van der Waals surface area contributed by atoms with E-state index in [2.05, 4.69) is 5.32 Å². The van der Waals surface area contributed by atoms with E-state index < -0.39 is 0 Å². The van der Waals surface area contributed by atoms with Crippen molar-refractivity contribution in [3.05, 3.63) is 34.9 Å². The molecule has 0 bridgehead atoms. The molecule has 1 fully saturated rings. The molecule has 110 valence electrons. The number of nitrogens with one attached hydrogen (secondary N) is 1. The number of amides is 3. The van der Waals surface area contributed by atoms with Crippen molar-refractivity contribution in [1.82, 2.24) is 10.2 Å². The Morgan fingerprint density at radius 1 is 1.33 bits per heavy atom. The summed E-state index contributed by atoms with van der Waals surface area (Å²) in [5, 5.41) is 2.80. The average Bonchev–Trinajstić information content (AvgIpc) is 3.09. The summed E-state index contributed by atoms with van der Waals surface area (Å²) in [5.41, 5.74) is 1.01. The smallest absolute Gasteiger partial charge is 0.261 e. The molecule has 0 radical (unpaired) electrons. The molecular formula is C15H16N2O4. The van der Waals surface area contributed by atoms with E-state index in [1.165, 1.54) is 19.2 Å². The molecule has 2 aliphatic heterocycles. The number of hydrogen-bond acceptors (Lipinski definition) is 4. The summed E-state index contributed by atoms with van der Waals surface area (Å²) in [6.07, 6.45) is 2.03. The van der Waals surface area contributed by atoms with Crippen LogP contribution in [0.15, 0.2) is 18.2 Å². The van der Waals surface area contributed by atoms with Crippen LogP contribution < -0.4 is 5.32 Å². The zero-order valence-electron chi connectivity index (χ0n) is 11.7. The molecular weight excluding hydrogens is 272 g/mol. The molecule has 6 nitrogen and oxygen atoms in total. The fourth-order valence-electron chi connectivity index (χ4n) is 2.62. The van der Waals surface area contributed by atoms with Crippen molar-refractivity contribution in [3.63, 3.8) is 0 Å². The van der Waals surface area contributed by atoms with Crippen LogP contribution >= 0.6 is 0 Å². The molecule has 0 aliphatic carbocycles. The van der Waals surface area contributed by atoms with Crippen molar-refractivity contribution in [2.24, 2.45) is 0 Å². The van der Waals surface area contributed by atoms with E-state index in [1.54, 1.807) is 6.07 Å². The van der Waals surface area contributed by atoms with Gasteiger partial charge in [-0.1, -0.05) is 0 Å². The standard InChI is InChI=1S/C15H16N2O4/c1-17-14(19)11-5-4-9(7-12(11)15(17)20)13(18)16-8-10-3-2-6-21-10/h4-5,7,10H,2-3,6,8H2,1H3,(H,16,18)/t10-/m0/s1. The van der Waals surface area contributed by atoms with Crippen LogP contribution in [0.5, 0.6) is 0 Å². The first-order valence-electron chi connectivity index (χ1n) is 6.94. The minimum atomic E-state index is -0.372. The number of carbonyl (C=O) groups is 3. The molecule has 21 heavy (non-hydrogen) atoms. The molecule has 0 spiro atoms. The summed E-state index contributed by atoms with van der Waals surface area (Å²) in [7, 11) is 1.43. The highest BCUT2D eigenvalue weighted by atomic mass is 16.5. The fraction of sp³-hybridized carbons (Fsp3) is 0.400. The first-order valence-corrected chi connectivity index (χ1v) is 6.94. The molecule has 0 saturated carbocycles. The van der Waals surface area contributed by atoms with Crippen molar-refractivity contribution in [2.75, 3.05) is 20.2 Å². The van der Waals surface area contributed by atoms with Crippen LogP contribution in [0.25, 0.3) is 0 Å². The molecule has 2 heterocycles. The predicted octanol–water partition coefficient (Wildman–Crippen LogP) is 0.821. The van der Waals surface area contributed by atoms with Crippen LogP contribution in [-0.2, 0) is 4.74 Å². The number of benzene rings is 1. The maximum Gasteiger partial charge on any atom is 0.261 e. The average molecular weight is 288 g/mol. The highest BCUT2D eigenvalue weighted by molar-refractivity contribution is 6.21. The molecule has 1 atom stereocenters. The van der Waals surface area contributed by atoms with Crippen LogP contribution in [0.2, 0.25) is 0 Å². The quantitative estimate of drug-likeness (QED) is 0.836. The second kappa shape index (κ2) is 5.29. The maximum absolute atomic E-state index is 12.1. The van der Waals surface area contributed by atoms with Gasteiger partial charge in [0.05, 0.1) is 17.2 Å². The molecule has 3 rings (SSSR count). The van der Waals surface area contributed by atoms with Crippen molar-refractivity contribution in [2.45, 2.75) is 18.9 Å². The van der Waals surface area contributed by atoms with Gasteiger partial charge in [0.2, 0.25) is 0 Å². The Morgan fingerprint density at radius 3 is 2.81 bits per heavy atom. The topological polar surface area (TPSA) is 75.7 Å². The van der Waals surface area contributed by atoms with Crippen LogP contribution in [0.4, 0.5) is 0 Å². The summed E-state index contributed by atoms with van der Waals surface area (Å²) in [4.78, 5) is 36.8. The SMILES string of the molecule is CN1C(=O)c2ccc(C(=O)NC[C@@H]3CCCO3)cc2C1=O. The van der Waals surface area contributed by atoms with Crippen LogP contribution in [0, 0.1) is 0 Å². The molecule has 1 saturated heterocycles. The van der Waals surface area contributed by atoms with E-state index in [1.807, 2.05) is 0 Å². The van der Waals surface area contributed by atoms with E-state index in [9.17, 15) is 14.4 Å². The lowest BCUT2D eigenvalue weighted by Gasteiger charge is -2.11. The molecule has 1 aromatic rings. The Kier molecular flexibility index (Phi) is 3.47. The normalized spacial score (nSPS) is 20.8. The predicted molar refractivity (Wildman–Crippen MR) is 74.2 cm³/mol. The number of fused-ring (bicyclic) bond motifs is 1. The summed E-state index contributed by atoms with van der Waals surface area (Å²) in [5.74, 6) is -0.965. The van der Waals surface area contributed by atoms with Gasteiger partial charge in [0, 0.05) is 25.8 Å². The Bertz CT molecular complexity index is 620. The van der Waals surface area contributed by atoms with E-state index in [0.717, 1.165) is 24.3 Å². The maximum atomic E-state index is 12.1. The van der Waals surface area contributed by atoms with Crippen molar-refractivity contribution < 1.29 is 19.1 Å². The van der Waals surface area contributed by atoms with Crippen molar-refractivity contribution in [3.8, 4) is 0 Å². The number of nitrogens with zero attached hydrogens (tertiary/aromatic N) is 1. The lowest BCUT2D eigenvalue weighted by Crippen LogP contribution is -2.31. The highest BCUT2D eigenvalue weighted by Gasteiger charge is 2.33. The van der Waals surface area contributed by atoms with Gasteiger partial charge in [-0.2, -0.15) is 0 Å². The third-order valence-corrected chi connectivity index (χ3v) is 3.87. The molecule has 6 heteroatoms. The summed E-state index contributed by atoms with van der Waals surface area (Å²) >= 11 is 0. The molecule has 2 aliphatic rings. The number of hydrogen-bond donors (Lipinski definition) is 1. The Morgan fingerprint density at radius 2 is 2.10 bits per heavy atom. The molecule has 0 unspecified atom stereocenters. The zero-order chi connectivity index (χ0) is 15.0. The van der Waals surface area contributed by atoms with Crippen LogP contribution in [0.3, 0.4) is 0 Å². The van der Waals surface area contributed by atoms with Crippen molar-refractivity contribution in [1.29, 1.82) is 0 Å². The van der Waals surface area contributed by atoms with Crippen LogP contribution in [0.1, 0.15) is 43.9 Å². The van der Waals surface area contributed by atoms with Gasteiger partial charge in [0.15, 0.2) is 0 Å². The third kappa shape index (κ3) is 2.42. The van der Waals surface area contributed by atoms with E-state index in [0.29, 0.717) is 17.7 Å². The second-order valence-corrected chi connectivity index (χ2v) is 5.27. The highest BCUT2D eigenvalue weighted by Crippen LogP contribution is 2.22. The monoisotopic (exact) mass is 288 g/mol. The van der Waals surface area contributed by atoms with Crippen molar-refractivity contribution >= 4 is 17.7 Å². The summed E-state index contributed by atoms with van der Waals surface area (Å²) < 4.78 is 5.44. The van der Waals surface area contributed by atoms with Gasteiger partial charge in [-0.3, -0.25) is 19.3 Å². The first-order chi connectivity index (χ1) is 10.1. The number of rotatable bonds is 3. The second-order valence-electron chi connectivity index (χ2n) is 5.27. The Hall–Kier alpha value is -2.21. The van der Waals surface area contributed by atoms with Gasteiger partial charge in [-0.05, 0) is 31.0 Å². The summed E-state index contributed by atoms with van der Waals surface area (Å²) in [6, 6.07) is 4.57. The molecule has 1 N–H and O–H groups in total. The molecule has 3 amide bonds. The first kappa shape index (κ1) is 13.8. The van der Waals surface area contributed by atoms with E-state index in [-0.39, 0.29) is 29.4 Å². The number of carbonyl (C=O) groups excluding carboxylic acids is 3. The van der Waals surface area contributed by atoms with Gasteiger partial charge >= 0.3 is 0 Å². The number of ether oxygens (including phenoxy) is 1. The van der Waals surface area contributed by atoms with E-state index >= 15 is 0 Å². The Balaban J connectivity index is 1.73.